The van der Waals surface area contributed by atoms with E-state index in [1.165, 1.54) is 0 Å². The topological polar surface area (TPSA) is 98.1 Å². The van der Waals surface area contributed by atoms with Crippen LogP contribution in [0.1, 0.15) is 22.8 Å². The van der Waals surface area contributed by atoms with Crippen LogP contribution in [-0.2, 0) is 10.5 Å². The summed E-state index contributed by atoms with van der Waals surface area (Å²) in [7, 11) is 0. The van der Waals surface area contributed by atoms with Gasteiger partial charge in [0.05, 0.1) is 23.1 Å². The first-order valence-electron chi connectivity index (χ1n) is 7.75. The molecule has 0 saturated carbocycles. The minimum Gasteiger partial charge on any atom is -0.462 e. The number of nitrogen functional groups attached to an aromatic ring is 1. The van der Waals surface area contributed by atoms with Gasteiger partial charge in [-0.15, -0.1) is 11.8 Å². The highest BCUT2D eigenvalue weighted by molar-refractivity contribution is 7.98. The average molecular weight is 355 g/mol. The Morgan fingerprint density at radius 1 is 1.24 bits per heavy atom. The van der Waals surface area contributed by atoms with Crippen LogP contribution in [0, 0.1) is 0 Å². The number of thioether (sulfide) groups is 1. The van der Waals surface area contributed by atoms with Crippen molar-refractivity contribution in [1.29, 1.82) is 0 Å². The van der Waals surface area contributed by atoms with Crippen LogP contribution in [0.3, 0.4) is 0 Å². The number of nitrogens with two attached hydrogens (primary N) is 1. The zero-order chi connectivity index (χ0) is 17.8. The molecule has 0 aliphatic heterocycles. The molecule has 25 heavy (non-hydrogen) atoms. The molecule has 0 bridgehead atoms. The van der Waals surface area contributed by atoms with Crippen LogP contribution < -0.4 is 11.3 Å². The third kappa shape index (κ3) is 4.00. The van der Waals surface area contributed by atoms with Crippen molar-refractivity contribution in [3.8, 4) is 0 Å². The Bertz CT molecular complexity index is 967. The first-order valence-corrected chi connectivity index (χ1v) is 8.74. The molecule has 2 aromatic carbocycles. The SMILES string of the molecule is CCOC(=O)c1ccc(SCc2ccc3nc(N)[nH]c(=O)c3c2)cc1. The van der Waals surface area contributed by atoms with Gasteiger partial charge in [0, 0.05) is 10.6 Å². The fourth-order valence-electron chi connectivity index (χ4n) is 2.36. The minimum absolute atomic E-state index is 0.112. The van der Waals surface area contributed by atoms with Gasteiger partial charge in [-0.05, 0) is 48.9 Å². The first-order chi connectivity index (χ1) is 12.1. The highest BCUT2D eigenvalue weighted by atomic mass is 32.2. The maximum absolute atomic E-state index is 12.0. The second-order valence-corrected chi connectivity index (χ2v) is 6.38. The van der Waals surface area contributed by atoms with Crippen molar-refractivity contribution in [2.45, 2.75) is 17.6 Å². The van der Waals surface area contributed by atoms with E-state index in [9.17, 15) is 9.59 Å². The number of nitrogens with one attached hydrogen (secondary N) is 1. The smallest absolute Gasteiger partial charge is 0.338 e. The lowest BCUT2D eigenvalue weighted by atomic mass is 10.2. The predicted molar refractivity (Wildman–Crippen MR) is 98.7 cm³/mol. The van der Waals surface area contributed by atoms with Crippen molar-refractivity contribution in [2.24, 2.45) is 0 Å². The monoisotopic (exact) mass is 355 g/mol. The number of carbonyl (C=O) groups excluding carboxylic acids is 1. The lowest BCUT2D eigenvalue weighted by Crippen LogP contribution is -2.11. The molecule has 7 heteroatoms. The molecule has 3 aromatic rings. The van der Waals surface area contributed by atoms with E-state index in [4.69, 9.17) is 10.5 Å². The molecule has 0 aliphatic rings. The van der Waals surface area contributed by atoms with Crippen molar-refractivity contribution < 1.29 is 9.53 Å². The number of rotatable bonds is 5. The van der Waals surface area contributed by atoms with E-state index in [-0.39, 0.29) is 17.5 Å². The Hall–Kier alpha value is -2.80. The molecule has 0 spiro atoms. The number of benzene rings is 2. The van der Waals surface area contributed by atoms with Gasteiger partial charge in [-0.1, -0.05) is 6.07 Å². The number of fused-ring (bicyclic) bond motifs is 1. The summed E-state index contributed by atoms with van der Waals surface area (Å²) in [5, 5.41) is 0.518. The zero-order valence-electron chi connectivity index (χ0n) is 13.6. The summed E-state index contributed by atoms with van der Waals surface area (Å²) < 4.78 is 4.96. The molecular formula is C18H17N3O3S. The van der Waals surface area contributed by atoms with E-state index in [1.54, 1.807) is 36.9 Å². The normalized spacial score (nSPS) is 10.8. The summed E-state index contributed by atoms with van der Waals surface area (Å²) in [6.45, 7) is 2.14. The van der Waals surface area contributed by atoms with Crippen molar-refractivity contribution in [3.05, 3.63) is 63.9 Å². The summed E-state index contributed by atoms with van der Waals surface area (Å²) in [5.41, 5.74) is 7.42. The summed E-state index contributed by atoms with van der Waals surface area (Å²) in [4.78, 5) is 31.2. The number of hydrogen-bond donors (Lipinski definition) is 2. The molecule has 0 amide bonds. The summed E-state index contributed by atoms with van der Waals surface area (Å²) >= 11 is 1.62. The van der Waals surface area contributed by atoms with Crippen LogP contribution in [0.15, 0.2) is 52.2 Å². The maximum Gasteiger partial charge on any atom is 0.338 e. The maximum atomic E-state index is 12.0. The van der Waals surface area contributed by atoms with Crippen molar-refractivity contribution in [2.75, 3.05) is 12.3 Å². The Balaban J connectivity index is 1.72. The Morgan fingerprint density at radius 3 is 2.72 bits per heavy atom. The fourth-order valence-corrected chi connectivity index (χ4v) is 3.20. The standard InChI is InChI=1S/C18H17N3O3S/c1-2-24-17(23)12-4-6-13(7-5-12)25-10-11-3-8-15-14(9-11)16(22)21-18(19)20-15/h3-9H,2,10H2,1H3,(H3,19,20,21,22). The fraction of sp³-hybridized carbons (Fsp3) is 0.167. The van der Waals surface area contributed by atoms with Crippen LogP contribution in [0.2, 0.25) is 0 Å². The summed E-state index contributed by atoms with van der Waals surface area (Å²) in [6.07, 6.45) is 0. The van der Waals surface area contributed by atoms with Gasteiger partial charge in [0.1, 0.15) is 0 Å². The highest BCUT2D eigenvalue weighted by Crippen LogP contribution is 2.24. The quantitative estimate of drug-likeness (QED) is 0.539. The Morgan fingerprint density at radius 2 is 2.00 bits per heavy atom. The highest BCUT2D eigenvalue weighted by Gasteiger charge is 2.07. The molecule has 3 N–H and O–H groups in total. The van der Waals surface area contributed by atoms with E-state index in [0.29, 0.717) is 28.8 Å². The molecular weight excluding hydrogens is 338 g/mol. The minimum atomic E-state index is -0.320. The predicted octanol–water partition coefficient (Wildman–Crippen LogP) is 2.97. The zero-order valence-corrected chi connectivity index (χ0v) is 14.4. The van der Waals surface area contributed by atoms with Gasteiger partial charge in [0.25, 0.3) is 5.56 Å². The molecule has 0 aliphatic carbocycles. The molecule has 6 nitrogen and oxygen atoms in total. The molecule has 0 atom stereocenters. The molecule has 0 saturated heterocycles. The molecule has 1 aromatic heterocycles. The number of aromatic amines is 1. The summed E-state index contributed by atoms with van der Waals surface area (Å²) in [6, 6.07) is 12.8. The second-order valence-electron chi connectivity index (χ2n) is 5.34. The van der Waals surface area contributed by atoms with Gasteiger partial charge in [0.2, 0.25) is 5.95 Å². The molecule has 0 unspecified atom stereocenters. The Labute approximate surface area is 148 Å². The second kappa shape index (κ2) is 7.40. The van der Waals surface area contributed by atoms with Crippen LogP contribution >= 0.6 is 11.8 Å². The van der Waals surface area contributed by atoms with E-state index in [1.807, 2.05) is 24.3 Å². The third-order valence-electron chi connectivity index (χ3n) is 3.56. The molecule has 128 valence electrons. The van der Waals surface area contributed by atoms with E-state index >= 15 is 0 Å². The molecule has 0 radical (unpaired) electrons. The van der Waals surface area contributed by atoms with Gasteiger partial charge in [0.15, 0.2) is 0 Å². The number of nitrogens with zero attached hydrogens (tertiary/aromatic N) is 1. The van der Waals surface area contributed by atoms with Gasteiger partial charge in [-0.3, -0.25) is 9.78 Å². The number of ether oxygens (including phenoxy) is 1. The Kier molecular flexibility index (Phi) is 5.04. The van der Waals surface area contributed by atoms with Gasteiger partial charge in [-0.25, -0.2) is 9.78 Å². The first kappa shape index (κ1) is 17.0. The average Bonchev–Trinajstić information content (AvgIpc) is 2.61. The number of hydrogen-bond acceptors (Lipinski definition) is 6. The van der Waals surface area contributed by atoms with E-state index < -0.39 is 0 Å². The molecule has 1 heterocycles. The number of aromatic nitrogens is 2. The van der Waals surface area contributed by atoms with Crippen molar-refractivity contribution >= 4 is 34.6 Å². The van der Waals surface area contributed by atoms with Crippen LogP contribution in [-0.4, -0.2) is 22.5 Å². The molecule has 3 rings (SSSR count). The van der Waals surface area contributed by atoms with Gasteiger partial charge >= 0.3 is 5.97 Å². The lowest BCUT2D eigenvalue weighted by molar-refractivity contribution is 0.0526. The van der Waals surface area contributed by atoms with E-state index in [2.05, 4.69) is 9.97 Å². The largest absolute Gasteiger partial charge is 0.462 e. The number of esters is 1. The van der Waals surface area contributed by atoms with Crippen LogP contribution in [0.4, 0.5) is 5.95 Å². The van der Waals surface area contributed by atoms with E-state index in [0.717, 1.165) is 10.5 Å². The van der Waals surface area contributed by atoms with Gasteiger partial charge < -0.3 is 10.5 Å². The number of H-pyrrole nitrogens is 1. The van der Waals surface area contributed by atoms with Crippen molar-refractivity contribution in [1.82, 2.24) is 9.97 Å². The van der Waals surface area contributed by atoms with Gasteiger partial charge in [-0.2, -0.15) is 0 Å². The molecule has 0 fully saturated rings. The van der Waals surface area contributed by atoms with Crippen molar-refractivity contribution in [3.63, 3.8) is 0 Å². The lowest BCUT2D eigenvalue weighted by Gasteiger charge is -2.05. The third-order valence-corrected chi connectivity index (χ3v) is 4.64. The summed E-state index contributed by atoms with van der Waals surface area (Å²) in [5.74, 6) is 0.485. The van der Waals surface area contributed by atoms with Crippen LogP contribution in [0.5, 0.6) is 0 Å². The van der Waals surface area contributed by atoms with Crippen LogP contribution in [0.25, 0.3) is 10.9 Å². The number of carbonyl (C=O) groups is 1. The number of anilines is 1.